The third-order valence-corrected chi connectivity index (χ3v) is 7.92. The van der Waals surface area contributed by atoms with Crippen molar-refractivity contribution in [2.45, 2.75) is 31.0 Å². The summed E-state index contributed by atoms with van der Waals surface area (Å²) in [6.45, 7) is 4.35. The molecule has 1 N–H and O–H groups in total. The van der Waals surface area contributed by atoms with E-state index in [0.717, 1.165) is 0 Å². The highest BCUT2D eigenvalue weighted by molar-refractivity contribution is 7.89. The van der Waals surface area contributed by atoms with Crippen LogP contribution in [-0.4, -0.2) is 49.2 Å². The Hall–Kier alpha value is -2.37. The molecule has 0 radical (unpaired) electrons. The van der Waals surface area contributed by atoms with Crippen molar-refractivity contribution in [1.82, 2.24) is 9.29 Å². The van der Waals surface area contributed by atoms with Crippen molar-refractivity contribution < 1.29 is 17.5 Å². The third-order valence-electron chi connectivity index (χ3n) is 5.01. The number of hydrogen-bond acceptors (Lipinski definition) is 7. The fraction of sp³-hybridized carbons (Fsp3) is 0.273. The maximum Gasteiger partial charge on any atom is 0.243 e. The molecule has 3 aromatic rings. The first kappa shape index (κ1) is 23.8. The van der Waals surface area contributed by atoms with Gasteiger partial charge in [-0.15, -0.1) is 11.3 Å². The highest BCUT2D eigenvalue weighted by atomic mass is 35.5. The van der Waals surface area contributed by atoms with E-state index in [1.807, 2.05) is 13.8 Å². The number of aromatic nitrogens is 1. The number of nitrogens with one attached hydrogen (secondary N) is 1. The number of hydrazone groups is 1. The van der Waals surface area contributed by atoms with Gasteiger partial charge in [-0.25, -0.2) is 17.8 Å². The quantitative estimate of drug-likeness (QED) is 0.380. The first-order chi connectivity index (χ1) is 15.7. The van der Waals surface area contributed by atoms with Crippen LogP contribution >= 0.6 is 22.9 Å². The van der Waals surface area contributed by atoms with Crippen molar-refractivity contribution in [2.75, 3.05) is 18.5 Å². The number of thiazole rings is 1. The van der Waals surface area contributed by atoms with E-state index in [1.165, 1.54) is 34.0 Å². The van der Waals surface area contributed by atoms with E-state index in [1.54, 1.807) is 35.7 Å². The molecule has 2 aromatic carbocycles. The molecule has 33 heavy (non-hydrogen) atoms. The van der Waals surface area contributed by atoms with Gasteiger partial charge in [0, 0.05) is 29.6 Å². The number of nitrogens with zero attached hydrogens (tertiary/aromatic N) is 3. The number of hydrogen-bond donors (Lipinski definition) is 1. The zero-order valence-corrected chi connectivity index (χ0v) is 20.3. The highest BCUT2D eigenvalue weighted by Crippen LogP contribution is 2.29. The standard InChI is InChI=1S/C22H22ClFN4O3S2/c1-14-11-28(12-15(2)31-14)33(29,30)17-6-3-5-16(9-17)21-13-32-22(26-21)27-25-10-18-19(23)7-4-8-20(18)24/h3-10,13-15H,11-12H2,1-2H3,(H,26,27)/b25-10+. The van der Waals surface area contributed by atoms with Crippen LogP contribution in [0.3, 0.4) is 0 Å². The van der Waals surface area contributed by atoms with Crippen molar-refractivity contribution in [1.29, 1.82) is 0 Å². The monoisotopic (exact) mass is 508 g/mol. The summed E-state index contributed by atoms with van der Waals surface area (Å²) in [5, 5.41) is 6.52. The molecule has 2 unspecified atom stereocenters. The molecule has 11 heteroatoms. The van der Waals surface area contributed by atoms with Crippen LogP contribution in [0, 0.1) is 5.82 Å². The Morgan fingerprint density at radius 3 is 2.70 bits per heavy atom. The maximum absolute atomic E-state index is 13.8. The molecule has 2 heterocycles. The van der Waals surface area contributed by atoms with Crippen LogP contribution in [0.4, 0.5) is 9.52 Å². The predicted molar refractivity (Wildman–Crippen MR) is 129 cm³/mol. The molecule has 0 bridgehead atoms. The first-order valence-electron chi connectivity index (χ1n) is 10.2. The SMILES string of the molecule is CC1CN(S(=O)(=O)c2cccc(-c3csc(N/N=C/c4c(F)cccc4Cl)n3)c2)CC(C)O1. The molecule has 1 aliphatic rings. The van der Waals surface area contributed by atoms with Gasteiger partial charge in [0.05, 0.1) is 34.0 Å². The van der Waals surface area contributed by atoms with Crippen LogP contribution in [0.5, 0.6) is 0 Å². The van der Waals surface area contributed by atoms with Gasteiger partial charge in [-0.1, -0.05) is 29.8 Å². The fourth-order valence-corrected chi connectivity index (χ4v) is 6.05. The van der Waals surface area contributed by atoms with Crippen molar-refractivity contribution in [2.24, 2.45) is 5.10 Å². The van der Waals surface area contributed by atoms with Gasteiger partial charge in [0.15, 0.2) is 0 Å². The zero-order chi connectivity index (χ0) is 23.6. The van der Waals surface area contributed by atoms with E-state index in [0.29, 0.717) is 29.5 Å². The predicted octanol–water partition coefficient (Wildman–Crippen LogP) is 4.85. The molecule has 1 saturated heterocycles. The lowest BCUT2D eigenvalue weighted by Crippen LogP contribution is -2.48. The maximum atomic E-state index is 13.8. The molecular formula is C22H22ClFN4O3S2. The molecule has 4 rings (SSSR count). The number of ether oxygens (including phenoxy) is 1. The van der Waals surface area contributed by atoms with E-state index < -0.39 is 15.8 Å². The first-order valence-corrected chi connectivity index (χ1v) is 12.9. The van der Waals surface area contributed by atoms with Gasteiger partial charge < -0.3 is 4.74 Å². The molecular weight excluding hydrogens is 487 g/mol. The van der Waals surface area contributed by atoms with E-state index in [4.69, 9.17) is 16.3 Å². The second-order valence-electron chi connectivity index (χ2n) is 7.65. The van der Waals surface area contributed by atoms with Crippen LogP contribution in [0.1, 0.15) is 19.4 Å². The van der Waals surface area contributed by atoms with E-state index in [2.05, 4.69) is 15.5 Å². The smallest absolute Gasteiger partial charge is 0.243 e. The number of sulfonamides is 1. The Morgan fingerprint density at radius 2 is 1.97 bits per heavy atom. The molecule has 0 spiro atoms. The molecule has 0 saturated carbocycles. The average Bonchev–Trinajstić information content (AvgIpc) is 3.24. The second-order valence-corrected chi connectivity index (χ2v) is 10.9. The lowest BCUT2D eigenvalue weighted by Gasteiger charge is -2.34. The Kier molecular flexibility index (Phi) is 7.10. The van der Waals surface area contributed by atoms with Crippen molar-refractivity contribution >= 4 is 44.3 Å². The molecule has 7 nitrogen and oxygen atoms in total. The summed E-state index contributed by atoms with van der Waals surface area (Å²) in [6, 6.07) is 11.1. The van der Waals surface area contributed by atoms with E-state index in [9.17, 15) is 12.8 Å². The minimum Gasteiger partial charge on any atom is -0.373 e. The van der Waals surface area contributed by atoms with E-state index in [-0.39, 0.29) is 27.7 Å². The van der Waals surface area contributed by atoms with Gasteiger partial charge in [0.2, 0.25) is 15.2 Å². The summed E-state index contributed by atoms with van der Waals surface area (Å²) in [6.07, 6.45) is 0.952. The summed E-state index contributed by atoms with van der Waals surface area (Å²) >= 11 is 7.28. The van der Waals surface area contributed by atoms with Crippen molar-refractivity contribution in [3.63, 3.8) is 0 Å². The largest absolute Gasteiger partial charge is 0.373 e. The Morgan fingerprint density at radius 1 is 1.24 bits per heavy atom. The summed E-state index contributed by atoms with van der Waals surface area (Å²) in [7, 11) is -3.66. The Labute approximate surface area is 200 Å². The van der Waals surface area contributed by atoms with Gasteiger partial charge in [0.1, 0.15) is 5.82 Å². The number of benzene rings is 2. The molecule has 0 amide bonds. The summed E-state index contributed by atoms with van der Waals surface area (Å²) in [5.74, 6) is -0.477. The number of anilines is 1. The van der Waals surface area contributed by atoms with Crippen LogP contribution in [0.25, 0.3) is 11.3 Å². The number of rotatable bonds is 6. The normalized spacial score (nSPS) is 19.8. The second kappa shape index (κ2) is 9.86. The molecule has 1 aliphatic heterocycles. The zero-order valence-electron chi connectivity index (χ0n) is 17.9. The highest BCUT2D eigenvalue weighted by Gasteiger charge is 2.32. The minimum atomic E-state index is -3.66. The van der Waals surface area contributed by atoms with Crippen LogP contribution in [0.15, 0.2) is 57.8 Å². The van der Waals surface area contributed by atoms with Gasteiger partial charge in [-0.3, -0.25) is 5.43 Å². The fourth-order valence-electron chi connectivity index (χ4n) is 3.54. The summed E-state index contributed by atoms with van der Waals surface area (Å²) < 4.78 is 47.3. The van der Waals surface area contributed by atoms with Gasteiger partial charge in [-0.2, -0.15) is 9.41 Å². The van der Waals surface area contributed by atoms with Gasteiger partial charge in [0.25, 0.3) is 0 Å². The lowest BCUT2D eigenvalue weighted by atomic mass is 10.2. The Balaban J connectivity index is 1.51. The van der Waals surface area contributed by atoms with Crippen LogP contribution in [0.2, 0.25) is 5.02 Å². The molecule has 1 fully saturated rings. The molecule has 1 aromatic heterocycles. The van der Waals surface area contributed by atoms with Crippen LogP contribution in [-0.2, 0) is 14.8 Å². The topological polar surface area (TPSA) is 83.9 Å². The van der Waals surface area contributed by atoms with Crippen molar-refractivity contribution in [3.05, 3.63) is 64.2 Å². The minimum absolute atomic E-state index is 0.168. The average molecular weight is 509 g/mol. The number of halogens is 2. The van der Waals surface area contributed by atoms with Crippen LogP contribution < -0.4 is 5.43 Å². The lowest BCUT2D eigenvalue weighted by molar-refractivity contribution is -0.0440. The molecule has 2 atom stereocenters. The summed E-state index contributed by atoms with van der Waals surface area (Å²) in [4.78, 5) is 4.66. The summed E-state index contributed by atoms with van der Waals surface area (Å²) in [5.41, 5.74) is 4.19. The van der Waals surface area contributed by atoms with Crippen molar-refractivity contribution in [3.8, 4) is 11.3 Å². The molecule has 174 valence electrons. The number of morpholine rings is 1. The van der Waals surface area contributed by atoms with Gasteiger partial charge in [-0.05, 0) is 38.1 Å². The van der Waals surface area contributed by atoms with E-state index >= 15 is 0 Å². The van der Waals surface area contributed by atoms with Gasteiger partial charge >= 0.3 is 0 Å². The Bertz CT molecular complexity index is 1250. The third kappa shape index (κ3) is 5.42. The molecule has 0 aliphatic carbocycles.